The van der Waals surface area contributed by atoms with Gasteiger partial charge in [-0.25, -0.2) is 0 Å². The van der Waals surface area contributed by atoms with E-state index in [1.54, 1.807) is 11.3 Å². The van der Waals surface area contributed by atoms with Gasteiger partial charge in [0, 0.05) is 0 Å². The Bertz CT molecular complexity index is 193. The molecule has 7 heavy (non-hydrogen) atoms. The summed E-state index contributed by atoms with van der Waals surface area (Å²) in [5, 5.41) is 10.5. The summed E-state index contributed by atoms with van der Waals surface area (Å²) in [7, 11) is 0. The zero-order valence-corrected chi connectivity index (χ0v) is 4.27. The first-order valence-corrected chi connectivity index (χ1v) is 2.84. The zero-order chi connectivity index (χ0) is 4.69. The van der Waals surface area contributed by atoms with Gasteiger partial charge in [0.1, 0.15) is 5.69 Å². The van der Waals surface area contributed by atoms with Crippen LogP contribution in [0.5, 0.6) is 0 Å². The van der Waals surface area contributed by atoms with Crippen LogP contribution >= 0.6 is 11.3 Å². The second-order valence-electron chi connectivity index (χ2n) is 1.31. The standard InChI is InChI=1S/C4H2N2S/c1-2-7-4-3(1)5-6-4/h1-2H. The first-order valence-electron chi connectivity index (χ1n) is 1.96. The number of rotatable bonds is 0. The molecule has 1 aliphatic heterocycles. The van der Waals surface area contributed by atoms with Gasteiger partial charge in [-0.1, -0.05) is 0 Å². The van der Waals surface area contributed by atoms with E-state index in [1.807, 2.05) is 11.4 Å². The molecule has 0 N–H and O–H groups in total. The molecule has 0 amide bonds. The second-order valence-corrected chi connectivity index (χ2v) is 2.21. The zero-order valence-electron chi connectivity index (χ0n) is 3.46. The van der Waals surface area contributed by atoms with Crippen molar-refractivity contribution in [1.82, 2.24) is 0 Å². The van der Waals surface area contributed by atoms with Crippen LogP contribution in [0.4, 0.5) is 10.7 Å². The molecule has 2 heterocycles. The largest absolute Gasteiger partial charge is 0.166 e. The average molecular weight is 110 g/mol. The Morgan fingerprint density at radius 3 is 2.71 bits per heavy atom. The first-order chi connectivity index (χ1) is 3.47. The highest BCUT2D eigenvalue weighted by Gasteiger charge is 2.07. The van der Waals surface area contributed by atoms with Crippen molar-refractivity contribution in [1.29, 1.82) is 0 Å². The van der Waals surface area contributed by atoms with Crippen LogP contribution in [-0.4, -0.2) is 0 Å². The molecule has 0 aromatic carbocycles. The molecule has 0 unspecified atom stereocenters. The smallest absolute Gasteiger partial charge is 0.146 e. The predicted molar refractivity (Wildman–Crippen MR) is 28.5 cm³/mol. The molecule has 0 spiro atoms. The van der Waals surface area contributed by atoms with E-state index in [9.17, 15) is 0 Å². The molecule has 0 saturated heterocycles. The Hall–Kier alpha value is -0.700. The van der Waals surface area contributed by atoms with E-state index in [1.165, 1.54) is 0 Å². The van der Waals surface area contributed by atoms with E-state index >= 15 is 0 Å². The topological polar surface area (TPSA) is 24.7 Å². The van der Waals surface area contributed by atoms with Crippen molar-refractivity contribution in [3.63, 3.8) is 0 Å². The molecule has 0 atom stereocenters. The van der Waals surface area contributed by atoms with Crippen molar-refractivity contribution < 1.29 is 0 Å². The highest BCUT2D eigenvalue weighted by Crippen LogP contribution is 2.42. The van der Waals surface area contributed by atoms with Crippen LogP contribution in [0, 0.1) is 0 Å². The maximum Gasteiger partial charge on any atom is 0.166 e. The lowest BCUT2D eigenvalue weighted by Crippen LogP contribution is -1.61. The molecular weight excluding hydrogens is 108 g/mol. The molecule has 0 saturated carbocycles. The molecule has 0 bridgehead atoms. The van der Waals surface area contributed by atoms with Crippen molar-refractivity contribution in [3.8, 4) is 0 Å². The number of nitrogens with zero attached hydrogens (tertiary/aromatic N) is 2. The maximum absolute atomic E-state index is 3.74. The van der Waals surface area contributed by atoms with Crippen LogP contribution in [-0.2, 0) is 0 Å². The van der Waals surface area contributed by atoms with E-state index in [0.29, 0.717) is 0 Å². The van der Waals surface area contributed by atoms with E-state index in [-0.39, 0.29) is 0 Å². The van der Waals surface area contributed by atoms with Crippen LogP contribution in [0.25, 0.3) is 0 Å². The van der Waals surface area contributed by atoms with Gasteiger partial charge in [-0.15, -0.1) is 21.6 Å². The third kappa shape index (κ3) is 0.282. The van der Waals surface area contributed by atoms with Crippen molar-refractivity contribution in [3.05, 3.63) is 11.4 Å². The van der Waals surface area contributed by atoms with Gasteiger partial charge in [0.05, 0.1) is 0 Å². The van der Waals surface area contributed by atoms with Crippen LogP contribution in [0.1, 0.15) is 0 Å². The van der Waals surface area contributed by atoms with Crippen LogP contribution in [0.3, 0.4) is 0 Å². The summed E-state index contributed by atoms with van der Waals surface area (Å²) in [5.74, 6) is 0. The molecule has 0 aliphatic carbocycles. The van der Waals surface area contributed by atoms with E-state index in [4.69, 9.17) is 0 Å². The summed E-state index contributed by atoms with van der Waals surface area (Å²) < 4.78 is 0. The Balaban J connectivity index is 2.79. The predicted octanol–water partition coefficient (Wildman–Crippen LogP) is 2.48. The number of hydrogen-bond acceptors (Lipinski definition) is 3. The summed E-state index contributed by atoms with van der Waals surface area (Å²) >= 11 is 1.63. The van der Waals surface area contributed by atoms with Crippen LogP contribution in [0.15, 0.2) is 21.7 Å². The Morgan fingerprint density at radius 2 is 2.43 bits per heavy atom. The number of hydrogen-bond donors (Lipinski definition) is 0. The molecule has 34 valence electrons. The van der Waals surface area contributed by atoms with Crippen molar-refractivity contribution in [2.75, 3.05) is 0 Å². The lowest BCUT2D eigenvalue weighted by molar-refractivity contribution is 1.18. The first kappa shape index (κ1) is 3.32. The quantitative estimate of drug-likeness (QED) is 0.497. The van der Waals surface area contributed by atoms with E-state index in [2.05, 4.69) is 10.2 Å². The monoisotopic (exact) mass is 110 g/mol. The normalized spacial score (nSPS) is 13.1. The summed E-state index contributed by atoms with van der Waals surface area (Å²) in [6.45, 7) is 0. The summed E-state index contributed by atoms with van der Waals surface area (Å²) in [6, 6.07) is 1.97. The Morgan fingerprint density at radius 1 is 1.43 bits per heavy atom. The molecule has 2 nitrogen and oxygen atoms in total. The minimum Gasteiger partial charge on any atom is -0.146 e. The highest BCUT2D eigenvalue weighted by molar-refractivity contribution is 7.14. The number of azo groups is 1. The van der Waals surface area contributed by atoms with Crippen molar-refractivity contribution in [2.45, 2.75) is 0 Å². The van der Waals surface area contributed by atoms with Gasteiger partial charge in [-0.2, -0.15) is 0 Å². The Labute approximate surface area is 44.5 Å². The fourth-order valence-corrected chi connectivity index (χ4v) is 1.14. The molecule has 1 aromatic rings. The van der Waals surface area contributed by atoms with Crippen molar-refractivity contribution in [2.24, 2.45) is 10.2 Å². The van der Waals surface area contributed by atoms with Gasteiger partial charge < -0.3 is 0 Å². The van der Waals surface area contributed by atoms with Crippen LogP contribution < -0.4 is 0 Å². The second kappa shape index (κ2) is 0.924. The van der Waals surface area contributed by atoms with Crippen molar-refractivity contribution >= 4 is 22.0 Å². The fraction of sp³-hybridized carbons (Fsp3) is 0. The minimum absolute atomic E-state index is 1.05. The lowest BCUT2D eigenvalue weighted by Gasteiger charge is -1.94. The SMILES string of the molecule is c1cc2c(s1)N=N2. The molecule has 1 aromatic heterocycles. The maximum atomic E-state index is 3.74. The fourth-order valence-electron chi connectivity index (χ4n) is 0.500. The van der Waals surface area contributed by atoms with E-state index in [0.717, 1.165) is 10.7 Å². The summed E-state index contributed by atoms with van der Waals surface area (Å²) in [6.07, 6.45) is 0. The van der Waals surface area contributed by atoms with Gasteiger partial charge >= 0.3 is 0 Å². The number of fused-ring (bicyclic) bond motifs is 1. The van der Waals surface area contributed by atoms with Gasteiger partial charge in [0.15, 0.2) is 5.00 Å². The summed E-state index contributed by atoms with van der Waals surface area (Å²) in [4.78, 5) is 0. The molecule has 1 aliphatic rings. The molecule has 0 radical (unpaired) electrons. The number of thiophene rings is 1. The molecular formula is C4H2N2S. The Kier molecular flexibility index (Phi) is 0.438. The molecule has 0 fully saturated rings. The highest BCUT2D eigenvalue weighted by atomic mass is 32.1. The average Bonchev–Trinajstić information content (AvgIpc) is 1.85. The van der Waals surface area contributed by atoms with Gasteiger partial charge in [0.2, 0.25) is 0 Å². The summed E-state index contributed by atoms with van der Waals surface area (Å²) in [5.41, 5.74) is 1.05. The third-order valence-electron chi connectivity index (χ3n) is 0.873. The van der Waals surface area contributed by atoms with Crippen LogP contribution in [0.2, 0.25) is 0 Å². The van der Waals surface area contributed by atoms with E-state index < -0.39 is 0 Å². The van der Waals surface area contributed by atoms with Gasteiger partial charge in [0.25, 0.3) is 0 Å². The minimum atomic E-state index is 1.05. The lowest BCUT2D eigenvalue weighted by atomic mass is 10.5. The molecule has 3 heteroatoms. The van der Waals surface area contributed by atoms with Gasteiger partial charge in [-0.05, 0) is 11.4 Å². The molecule has 2 rings (SSSR count). The third-order valence-corrected chi connectivity index (χ3v) is 1.66. The van der Waals surface area contributed by atoms with Gasteiger partial charge in [-0.3, -0.25) is 0 Å².